The predicted octanol–water partition coefficient (Wildman–Crippen LogP) is 21.3. The number of ether oxygens (including phenoxy) is 1. The Balaban J connectivity index is 0.000000109. The molecule has 4 aliphatic carbocycles. The molecule has 0 radical (unpaired) electrons. The van der Waals surface area contributed by atoms with E-state index in [1.165, 1.54) is 16.9 Å². The van der Waals surface area contributed by atoms with Crippen LogP contribution < -0.4 is 22.9 Å². The molecule has 9 heterocycles. The van der Waals surface area contributed by atoms with E-state index in [1.54, 1.807) is 34.8 Å². The molecule has 10 aromatic carbocycles. The average Bonchev–Trinajstić information content (AvgIpc) is 1.59. The largest absolute Gasteiger partial charge is 0.379 e. The second kappa shape index (κ2) is 34.6. The van der Waals surface area contributed by atoms with Crippen molar-refractivity contribution in [2.45, 2.75) is 41.2 Å². The number of anilines is 4. The molecule has 18 aromatic rings. The van der Waals surface area contributed by atoms with E-state index in [0.717, 1.165) is 170 Å². The van der Waals surface area contributed by atoms with Crippen LogP contribution in [0.15, 0.2) is 261 Å². The van der Waals surface area contributed by atoms with Gasteiger partial charge < -0.3 is 27.7 Å². The number of nitrogens with two attached hydrogens (primary N) is 4. The molecule has 0 bridgehead atoms. The zero-order valence-corrected chi connectivity index (χ0v) is 73.9. The Kier molecular flexibility index (Phi) is 22.0. The molecule has 1 fully saturated rings. The van der Waals surface area contributed by atoms with Crippen LogP contribution in [0, 0.1) is 41.2 Å². The molecule has 0 atom stereocenters. The van der Waals surface area contributed by atoms with Crippen molar-refractivity contribution < 1.29 is 23.9 Å². The Morgan fingerprint density at radius 3 is 1.05 bits per heavy atom. The molecule has 0 unspecified atom stereocenters. The lowest BCUT2D eigenvalue weighted by Gasteiger charge is -2.26. The lowest BCUT2D eigenvalue weighted by molar-refractivity contribution is 0.0359. The van der Waals surface area contributed by atoms with Crippen molar-refractivity contribution in [3.63, 3.8) is 0 Å². The van der Waals surface area contributed by atoms with Gasteiger partial charge in [0, 0.05) is 131 Å². The number of nitrogen functional groups attached to an aromatic ring is 4. The number of morpholine rings is 1. The maximum Gasteiger partial charge on any atom is 0.241 e. The molecule has 8 N–H and O–H groups in total. The van der Waals surface area contributed by atoms with Gasteiger partial charge in [-0.3, -0.25) is 28.8 Å². The number of aromatic nitrogens is 12. The van der Waals surface area contributed by atoms with Gasteiger partial charge in [-0.15, -0.1) is 22.7 Å². The maximum atomic E-state index is 13.7. The molecule has 23 nitrogen and oxygen atoms in total. The van der Waals surface area contributed by atoms with Crippen LogP contribution in [-0.4, -0.2) is 121 Å². The van der Waals surface area contributed by atoms with E-state index >= 15 is 0 Å². The fourth-order valence-electron chi connectivity index (χ4n) is 17.3. The minimum atomic E-state index is -0.104. The molecule has 131 heavy (non-hydrogen) atoms. The number of aryl methyl sites for hydroxylation is 5. The highest BCUT2D eigenvalue weighted by Gasteiger charge is 2.40. The van der Waals surface area contributed by atoms with E-state index in [2.05, 4.69) is 98.0 Å². The number of rotatable bonds is 13. The first-order chi connectivity index (χ1) is 63.8. The Labute approximate surface area is 764 Å². The number of fused-ring (bicyclic) bond motifs is 12. The Morgan fingerprint density at radius 2 is 0.656 bits per heavy atom. The average molecular weight is 1770 g/mol. The fraction of sp³-hybridized carbons (Fsp3) is 0.105. The first-order valence-corrected chi connectivity index (χ1v) is 44.8. The zero-order valence-electron chi connectivity index (χ0n) is 71.4. The van der Waals surface area contributed by atoms with Crippen molar-refractivity contribution in [2.24, 2.45) is 0 Å². The molecule has 26 heteroatoms. The topological polar surface area (TPSA) is 336 Å². The monoisotopic (exact) mass is 1770 g/mol. The van der Waals surface area contributed by atoms with Gasteiger partial charge in [-0.25, -0.2) is 54.7 Å². The number of ketones is 4. The summed E-state index contributed by atoms with van der Waals surface area (Å²) in [7, 11) is 0. The molecule has 636 valence electrons. The van der Waals surface area contributed by atoms with E-state index in [-0.39, 0.29) is 46.9 Å². The summed E-state index contributed by atoms with van der Waals surface area (Å²) in [5.74, 6) is 0.238. The van der Waals surface area contributed by atoms with Crippen molar-refractivity contribution in [2.75, 3.05) is 55.8 Å². The normalized spacial score (nSPS) is 12.8. The van der Waals surface area contributed by atoms with Crippen LogP contribution in [0.3, 0.4) is 0 Å². The zero-order chi connectivity index (χ0) is 90.0. The first-order valence-electron chi connectivity index (χ1n) is 42.3. The van der Waals surface area contributed by atoms with E-state index in [9.17, 15) is 19.2 Å². The van der Waals surface area contributed by atoms with E-state index in [1.807, 2.05) is 245 Å². The van der Waals surface area contributed by atoms with Gasteiger partial charge in [-0.2, -0.15) is 16.4 Å². The highest BCUT2D eigenvalue weighted by Crippen LogP contribution is 2.53. The van der Waals surface area contributed by atoms with Crippen molar-refractivity contribution in [3.8, 4) is 154 Å². The highest BCUT2D eigenvalue weighted by atomic mass is 32.1. The molecule has 23 rings (SSSR count). The van der Waals surface area contributed by atoms with Gasteiger partial charge in [0.25, 0.3) is 0 Å². The Bertz CT molecular complexity index is 7710. The number of carbonyl (C=O) groups is 4. The van der Waals surface area contributed by atoms with Crippen LogP contribution in [0.1, 0.15) is 91.8 Å². The fourth-order valence-corrected chi connectivity index (χ4v) is 20.4. The molecule has 0 spiro atoms. The van der Waals surface area contributed by atoms with Gasteiger partial charge in [-0.05, 0) is 46.2 Å². The SMILES string of the molecule is Cc1ccc(-c2nc(C)c(-c3cccc4c3-c3nc(N)nc(-c5ccc(C)cc5)c3C4=O)s2)cc1.Cc1ccc(-c2nc(N)nc3c2C(=O)c2cccc(-c4cnn(CCN5CCOCC5)c4)c2-3)cc1.Cc1nc(-c2ccccc2)sc1-c1cccc2c1-c1nc(N)nc(-c3ccccc3)c1C2=O.[C-]#[N+]c1ccc(-c2cccc3c2-c2nc(N)nc(-c4ccccc4)c2C3=O)s1. The van der Waals surface area contributed by atoms with Gasteiger partial charge in [0.2, 0.25) is 28.8 Å². The molecular formula is C105H78N18O5S3. The number of thiazole rings is 2. The second-order valence-corrected chi connectivity index (χ2v) is 35.2. The summed E-state index contributed by atoms with van der Waals surface area (Å²) in [6.45, 7) is 22.5. The first kappa shape index (κ1) is 83.2. The van der Waals surface area contributed by atoms with Gasteiger partial charge >= 0.3 is 0 Å². The smallest absolute Gasteiger partial charge is 0.241 e. The lowest BCUT2D eigenvalue weighted by atomic mass is 9.98. The van der Waals surface area contributed by atoms with Crippen LogP contribution >= 0.6 is 34.0 Å². The van der Waals surface area contributed by atoms with E-state index in [4.69, 9.17) is 44.2 Å². The molecule has 1 aliphatic heterocycles. The van der Waals surface area contributed by atoms with Crippen LogP contribution in [0.4, 0.5) is 28.8 Å². The highest BCUT2D eigenvalue weighted by molar-refractivity contribution is 7.19. The summed E-state index contributed by atoms with van der Waals surface area (Å²) in [4.78, 5) is 108. The number of carbonyl (C=O) groups excluding carboxylic acids is 4. The molecule has 8 aromatic heterocycles. The van der Waals surface area contributed by atoms with Crippen molar-refractivity contribution in [3.05, 3.63) is 345 Å². The summed E-state index contributed by atoms with van der Waals surface area (Å²) in [5.41, 5.74) is 52.0. The number of benzene rings is 10. The summed E-state index contributed by atoms with van der Waals surface area (Å²) in [6, 6.07) is 80.2. The van der Waals surface area contributed by atoms with Gasteiger partial charge in [0.05, 0.1) is 121 Å². The summed E-state index contributed by atoms with van der Waals surface area (Å²) in [5, 5.41) is 7.07. The standard InChI is InChI=1S/C29H22N4OS.C27H26N6O2.C27H18N4OS.C22H12N4OS/c1-15-7-11-18(12-8-15)24-23-25(33-29(30)32-24)22-20(26(23)34)5-4-6-21(22)27-17(3)31-28(35-27)19-13-9-16(2)10-14-19;1-17-5-7-18(8-6-17)24-23-25(31-27(28)30-24)22-20(3-2-4-21(22)26(23)34)19-15-29-33(16-19)10-9-32-11-13-35-14-12-32;1-15-25(33-26(29-15)17-11-6-3-7-12-17)19-14-8-13-18-20(19)23-21(24(18)32)22(30-27(28)31-23)16-9-4-2-5-10-16;1-24-16-11-10-15(28-16)13-8-5-9-14-17(13)20-18(21(14)27)19(25-22(23)26-20)12-6-3-2-4-7-12/h4-14H,1-3H3,(H2,30,32,33);2-8,15-16H,9-14H2,1H3,(H2,28,30,31);2-14H,1H3,(H2,28,30,31);2-11H,(H2,23,25,26). The van der Waals surface area contributed by atoms with Crippen molar-refractivity contribution in [1.29, 1.82) is 0 Å². The van der Waals surface area contributed by atoms with Crippen LogP contribution in [0.2, 0.25) is 0 Å². The molecular weight excluding hydrogens is 1690 g/mol. The molecule has 0 amide bonds. The van der Waals surface area contributed by atoms with Crippen LogP contribution in [-0.2, 0) is 11.3 Å². The third-order valence-electron chi connectivity index (χ3n) is 23.6. The summed E-state index contributed by atoms with van der Waals surface area (Å²) < 4.78 is 7.39. The minimum Gasteiger partial charge on any atom is -0.379 e. The van der Waals surface area contributed by atoms with Crippen LogP contribution in [0.25, 0.3) is 158 Å². The summed E-state index contributed by atoms with van der Waals surface area (Å²) in [6.07, 6.45) is 3.88. The summed E-state index contributed by atoms with van der Waals surface area (Å²) >= 11 is 4.63. The number of nitrogens with zero attached hydrogens (tertiary/aromatic N) is 14. The van der Waals surface area contributed by atoms with E-state index < -0.39 is 0 Å². The van der Waals surface area contributed by atoms with Crippen molar-refractivity contribution in [1.82, 2.24) is 64.5 Å². The number of hydrogen-bond acceptors (Lipinski definition) is 24. The third kappa shape index (κ3) is 15.6. The predicted molar refractivity (Wildman–Crippen MR) is 518 cm³/mol. The van der Waals surface area contributed by atoms with Gasteiger partial charge in [0.15, 0.2) is 23.1 Å². The van der Waals surface area contributed by atoms with E-state index in [0.29, 0.717) is 95.1 Å². The Morgan fingerprint density at radius 1 is 0.328 bits per heavy atom. The quantitative estimate of drug-likeness (QED) is 0.0779. The van der Waals surface area contributed by atoms with Crippen molar-refractivity contribution >= 4 is 85.9 Å². The Hall–Kier alpha value is -16.0. The van der Waals surface area contributed by atoms with Gasteiger partial charge in [-0.1, -0.05) is 259 Å². The molecule has 1 saturated heterocycles. The minimum absolute atomic E-state index is 0.0756. The second-order valence-electron chi connectivity index (χ2n) is 32.1. The molecule has 5 aliphatic rings. The molecule has 0 saturated carbocycles. The number of hydrogen-bond donors (Lipinski definition) is 4. The van der Waals surface area contributed by atoms with Crippen LogP contribution in [0.5, 0.6) is 0 Å². The maximum absolute atomic E-state index is 13.7. The van der Waals surface area contributed by atoms with Gasteiger partial charge in [0.1, 0.15) is 10.0 Å². The lowest BCUT2D eigenvalue weighted by Crippen LogP contribution is -2.38. The third-order valence-corrected chi connectivity index (χ3v) is 27.1. The number of thiophene rings is 1.